The van der Waals surface area contributed by atoms with E-state index in [1.54, 1.807) is 0 Å². The molecule has 0 amide bonds. The molecule has 3 heteroatoms. The van der Waals surface area contributed by atoms with Crippen LogP contribution in [0.15, 0.2) is 79.4 Å². The molecule has 0 N–H and O–H groups in total. The maximum atomic E-state index is 6.16. The molecule has 0 saturated heterocycles. The number of allylic oxidation sites excluding steroid dienone is 1. The third-order valence-corrected chi connectivity index (χ3v) is 5.19. The summed E-state index contributed by atoms with van der Waals surface area (Å²) in [6.07, 6.45) is 2.71. The van der Waals surface area contributed by atoms with Crippen LogP contribution in [0.25, 0.3) is 22.4 Å². The standard InChI is InChI=1S/C26H26N2O/c1-4-9-21-10-5-8-13-25(21)29-17-16-28-24-12-7-6-11-23(24)27-26(28)22-15-14-19(2)18-20(22)3/h4-8,10-15,18H,1,9,16-17H2,2-3H3. The largest absolute Gasteiger partial charge is 0.491 e. The number of rotatable bonds is 7. The van der Waals surface area contributed by atoms with E-state index < -0.39 is 0 Å². The molecule has 0 aliphatic heterocycles. The lowest BCUT2D eigenvalue weighted by molar-refractivity contribution is 0.298. The number of hydrogen-bond acceptors (Lipinski definition) is 2. The van der Waals surface area contributed by atoms with Gasteiger partial charge < -0.3 is 9.30 Å². The highest BCUT2D eigenvalue weighted by atomic mass is 16.5. The van der Waals surface area contributed by atoms with E-state index in [0.717, 1.165) is 41.1 Å². The summed E-state index contributed by atoms with van der Waals surface area (Å²) >= 11 is 0. The van der Waals surface area contributed by atoms with Crippen LogP contribution < -0.4 is 4.74 Å². The summed E-state index contributed by atoms with van der Waals surface area (Å²) in [7, 11) is 0. The van der Waals surface area contributed by atoms with E-state index >= 15 is 0 Å². The molecule has 1 heterocycles. The molecule has 1 aromatic heterocycles. The van der Waals surface area contributed by atoms with Gasteiger partial charge >= 0.3 is 0 Å². The fourth-order valence-corrected chi connectivity index (χ4v) is 3.79. The van der Waals surface area contributed by atoms with Gasteiger partial charge in [0, 0.05) is 5.56 Å². The highest BCUT2D eigenvalue weighted by Crippen LogP contribution is 2.28. The summed E-state index contributed by atoms with van der Waals surface area (Å²) in [5.74, 6) is 1.91. The fraction of sp³-hybridized carbons (Fsp3) is 0.192. The van der Waals surface area contributed by atoms with Crippen molar-refractivity contribution in [3.63, 3.8) is 0 Å². The van der Waals surface area contributed by atoms with Crippen LogP contribution in [-0.2, 0) is 13.0 Å². The predicted molar refractivity (Wildman–Crippen MR) is 120 cm³/mol. The first kappa shape index (κ1) is 19.0. The van der Waals surface area contributed by atoms with E-state index in [1.807, 2.05) is 30.3 Å². The average Bonchev–Trinajstić information content (AvgIpc) is 3.08. The molecule has 0 unspecified atom stereocenters. The minimum Gasteiger partial charge on any atom is -0.491 e. The molecule has 0 bridgehead atoms. The third kappa shape index (κ3) is 3.95. The molecule has 0 atom stereocenters. The van der Waals surface area contributed by atoms with Crippen molar-refractivity contribution in [2.45, 2.75) is 26.8 Å². The number of hydrogen-bond donors (Lipinski definition) is 0. The number of para-hydroxylation sites is 3. The smallest absolute Gasteiger partial charge is 0.141 e. The normalized spacial score (nSPS) is 11.0. The Hall–Kier alpha value is -3.33. The molecular weight excluding hydrogens is 356 g/mol. The lowest BCUT2D eigenvalue weighted by atomic mass is 10.1. The Bertz CT molecular complexity index is 1160. The zero-order valence-electron chi connectivity index (χ0n) is 17.1. The number of aryl methyl sites for hydroxylation is 2. The molecule has 0 spiro atoms. The van der Waals surface area contributed by atoms with Crippen molar-refractivity contribution in [1.29, 1.82) is 0 Å². The molecule has 3 nitrogen and oxygen atoms in total. The van der Waals surface area contributed by atoms with Crippen molar-refractivity contribution in [1.82, 2.24) is 9.55 Å². The van der Waals surface area contributed by atoms with Crippen LogP contribution in [0.2, 0.25) is 0 Å². The molecule has 0 radical (unpaired) electrons. The van der Waals surface area contributed by atoms with Crippen LogP contribution in [-0.4, -0.2) is 16.2 Å². The Kier molecular flexibility index (Phi) is 5.48. The first-order chi connectivity index (χ1) is 14.2. The Balaban J connectivity index is 1.66. The third-order valence-electron chi connectivity index (χ3n) is 5.19. The number of aromatic nitrogens is 2. The number of fused-ring (bicyclic) bond motifs is 1. The highest BCUT2D eigenvalue weighted by molar-refractivity contribution is 5.81. The number of ether oxygens (including phenoxy) is 1. The van der Waals surface area contributed by atoms with E-state index in [2.05, 4.69) is 67.5 Å². The monoisotopic (exact) mass is 382 g/mol. The fourth-order valence-electron chi connectivity index (χ4n) is 3.79. The van der Waals surface area contributed by atoms with Crippen molar-refractivity contribution >= 4 is 11.0 Å². The maximum absolute atomic E-state index is 6.16. The second-order valence-corrected chi connectivity index (χ2v) is 7.34. The van der Waals surface area contributed by atoms with Crippen LogP contribution in [0, 0.1) is 13.8 Å². The van der Waals surface area contributed by atoms with Gasteiger partial charge in [-0.3, -0.25) is 0 Å². The molecular formula is C26H26N2O. The molecule has 0 fully saturated rings. The van der Waals surface area contributed by atoms with Crippen LogP contribution in [0.3, 0.4) is 0 Å². The van der Waals surface area contributed by atoms with Crippen LogP contribution in [0.1, 0.15) is 16.7 Å². The zero-order chi connectivity index (χ0) is 20.2. The quantitative estimate of drug-likeness (QED) is 0.360. The lowest BCUT2D eigenvalue weighted by Crippen LogP contribution is -2.10. The van der Waals surface area contributed by atoms with E-state index in [4.69, 9.17) is 9.72 Å². The number of nitrogens with zero attached hydrogens (tertiary/aromatic N) is 2. The van der Waals surface area contributed by atoms with Gasteiger partial charge in [0.1, 0.15) is 18.2 Å². The summed E-state index contributed by atoms with van der Waals surface area (Å²) in [6.45, 7) is 9.41. The topological polar surface area (TPSA) is 27.1 Å². The Labute approximate surface area is 172 Å². The van der Waals surface area contributed by atoms with Gasteiger partial charge in [-0.2, -0.15) is 0 Å². The summed E-state index contributed by atoms with van der Waals surface area (Å²) in [5.41, 5.74) is 6.96. The highest BCUT2D eigenvalue weighted by Gasteiger charge is 2.14. The van der Waals surface area contributed by atoms with Crippen molar-refractivity contribution in [2.24, 2.45) is 0 Å². The molecule has 4 rings (SSSR count). The molecule has 0 saturated carbocycles. The van der Waals surface area contributed by atoms with Gasteiger partial charge in [0.25, 0.3) is 0 Å². The maximum Gasteiger partial charge on any atom is 0.141 e. The van der Waals surface area contributed by atoms with Gasteiger partial charge in [-0.15, -0.1) is 6.58 Å². The van der Waals surface area contributed by atoms with Crippen molar-refractivity contribution in [3.8, 4) is 17.1 Å². The molecule has 0 aliphatic carbocycles. The number of imidazole rings is 1. The molecule has 29 heavy (non-hydrogen) atoms. The van der Waals surface area contributed by atoms with Crippen LogP contribution >= 0.6 is 0 Å². The average molecular weight is 383 g/mol. The van der Waals surface area contributed by atoms with Crippen LogP contribution in [0.4, 0.5) is 0 Å². The van der Waals surface area contributed by atoms with E-state index in [0.29, 0.717) is 6.61 Å². The minimum atomic E-state index is 0.576. The van der Waals surface area contributed by atoms with Gasteiger partial charge in [-0.25, -0.2) is 4.98 Å². The lowest BCUT2D eigenvalue weighted by Gasteiger charge is -2.14. The Morgan fingerprint density at radius 2 is 1.79 bits per heavy atom. The van der Waals surface area contributed by atoms with Gasteiger partial charge in [0.2, 0.25) is 0 Å². The Morgan fingerprint density at radius 3 is 2.62 bits per heavy atom. The Morgan fingerprint density at radius 1 is 1.00 bits per heavy atom. The molecule has 0 aliphatic rings. The second kappa shape index (κ2) is 8.36. The molecule has 4 aromatic rings. The van der Waals surface area contributed by atoms with E-state index in [-0.39, 0.29) is 0 Å². The second-order valence-electron chi connectivity index (χ2n) is 7.34. The SMILES string of the molecule is C=CCc1ccccc1OCCn1c(-c2ccc(C)cc2C)nc2ccccc21. The van der Waals surface area contributed by atoms with Crippen molar-refractivity contribution < 1.29 is 4.74 Å². The zero-order valence-corrected chi connectivity index (χ0v) is 17.1. The van der Waals surface area contributed by atoms with Gasteiger partial charge in [-0.1, -0.05) is 60.2 Å². The van der Waals surface area contributed by atoms with Gasteiger partial charge in [0.15, 0.2) is 0 Å². The van der Waals surface area contributed by atoms with E-state index in [9.17, 15) is 0 Å². The molecule has 3 aromatic carbocycles. The number of benzene rings is 3. The first-order valence-electron chi connectivity index (χ1n) is 10.0. The first-order valence-corrected chi connectivity index (χ1v) is 10.0. The predicted octanol–water partition coefficient (Wildman–Crippen LogP) is 6.13. The summed E-state index contributed by atoms with van der Waals surface area (Å²) < 4.78 is 8.42. The van der Waals surface area contributed by atoms with Gasteiger partial charge in [0.05, 0.1) is 17.6 Å². The molecule has 146 valence electrons. The minimum absolute atomic E-state index is 0.576. The summed E-state index contributed by atoms with van der Waals surface area (Å²) in [6, 6.07) is 23.0. The van der Waals surface area contributed by atoms with Gasteiger partial charge in [-0.05, 0) is 49.6 Å². The van der Waals surface area contributed by atoms with Crippen molar-refractivity contribution in [2.75, 3.05) is 6.61 Å². The summed E-state index contributed by atoms with van der Waals surface area (Å²) in [4.78, 5) is 4.94. The van der Waals surface area contributed by atoms with E-state index in [1.165, 1.54) is 16.7 Å². The van der Waals surface area contributed by atoms with Crippen LogP contribution in [0.5, 0.6) is 5.75 Å². The summed E-state index contributed by atoms with van der Waals surface area (Å²) in [5, 5.41) is 0. The van der Waals surface area contributed by atoms with Crippen molar-refractivity contribution in [3.05, 3.63) is 96.1 Å².